The first-order valence-corrected chi connectivity index (χ1v) is 14.6. The number of hydrogen-bond donors (Lipinski definition) is 2. The normalized spacial score (nSPS) is 42.3. The fourth-order valence-electron chi connectivity index (χ4n) is 9.27. The van der Waals surface area contributed by atoms with E-state index in [2.05, 4.69) is 57.0 Å². The van der Waals surface area contributed by atoms with Gasteiger partial charge in [-0.1, -0.05) is 52.3 Å². The number of rotatable bonds is 4. The fraction of sp³-hybridized carbons (Fsp3) is 0.697. The summed E-state index contributed by atoms with van der Waals surface area (Å²) in [7, 11) is 4.08. The highest BCUT2D eigenvalue weighted by molar-refractivity contribution is 6.06. The number of carbonyl (C=O) groups excluding carboxylic acids is 2. The predicted molar refractivity (Wildman–Crippen MR) is 152 cm³/mol. The molecule has 5 nitrogen and oxygen atoms in total. The van der Waals surface area contributed by atoms with Gasteiger partial charge in [-0.2, -0.15) is 0 Å². The molecule has 3 saturated carbocycles. The molecule has 0 radical (unpaired) electrons. The van der Waals surface area contributed by atoms with Gasteiger partial charge in [0.15, 0.2) is 5.76 Å². The number of aliphatic hydroxyl groups excluding tert-OH is 1. The molecule has 0 aromatic heterocycles. The second-order valence-electron chi connectivity index (χ2n) is 14.7. The van der Waals surface area contributed by atoms with Gasteiger partial charge in [0.05, 0.1) is 0 Å². The molecule has 0 aromatic rings. The first-order chi connectivity index (χ1) is 17.6. The highest BCUT2D eigenvalue weighted by Crippen LogP contribution is 2.75. The van der Waals surface area contributed by atoms with Crippen molar-refractivity contribution in [1.29, 1.82) is 0 Å². The number of amides is 1. The van der Waals surface area contributed by atoms with Crippen molar-refractivity contribution in [2.45, 2.75) is 86.5 Å². The average molecular weight is 521 g/mol. The van der Waals surface area contributed by atoms with Gasteiger partial charge in [-0.05, 0) is 105 Å². The second kappa shape index (κ2) is 8.68. The SMILES string of the molecule is CC1=C(O)C(=O)C=C2C1=CC=C1[C@@]2(C)CC[C@@]2(C)[C@@H]3C[C@](C)(C(=O)NCCN(C)C)CC[C@]3(C)CC[C@]12C. The van der Waals surface area contributed by atoms with Gasteiger partial charge in [0, 0.05) is 29.5 Å². The van der Waals surface area contributed by atoms with E-state index in [1.165, 1.54) is 12.0 Å². The summed E-state index contributed by atoms with van der Waals surface area (Å²) in [6, 6.07) is 0. The molecule has 6 atom stereocenters. The lowest BCUT2D eigenvalue weighted by Gasteiger charge is -2.70. The van der Waals surface area contributed by atoms with Crippen LogP contribution >= 0.6 is 0 Å². The zero-order valence-corrected chi connectivity index (χ0v) is 24.9. The smallest absolute Gasteiger partial charge is 0.225 e. The molecule has 0 bridgehead atoms. The number of aliphatic hydroxyl groups is 1. The number of nitrogens with one attached hydrogen (secondary N) is 1. The summed E-state index contributed by atoms with van der Waals surface area (Å²) in [5, 5.41) is 13.6. The van der Waals surface area contributed by atoms with E-state index in [0.29, 0.717) is 18.0 Å². The van der Waals surface area contributed by atoms with Gasteiger partial charge < -0.3 is 15.3 Å². The summed E-state index contributed by atoms with van der Waals surface area (Å²) in [5.74, 6) is 0.284. The van der Waals surface area contributed by atoms with Crippen LogP contribution in [0.2, 0.25) is 0 Å². The molecule has 5 aliphatic carbocycles. The lowest BCUT2D eigenvalue weighted by molar-refractivity contribution is -0.169. The molecule has 0 aromatic carbocycles. The van der Waals surface area contributed by atoms with E-state index >= 15 is 0 Å². The summed E-state index contributed by atoms with van der Waals surface area (Å²) in [6.07, 6.45) is 13.5. The monoisotopic (exact) mass is 520 g/mol. The molecule has 2 N–H and O–H groups in total. The van der Waals surface area contributed by atoms with Crippen molar-refractivity contribution in [2.24, 2.45) is 33.0 Å². The van der Waals surface area contributed by atoms with E-state index in [1.807, 2.05) is 21.0 Å². The lowest BCUT2D eigenvalue weighted by atomic mass is 9.34. The zero-order chi connectivity index (χ0) is 27.9. The third-order valence-corrected chi connectivity index (χ3v) is 12.3. The zero-order valence-electron chi connectivity index (χ0n) is 24.9. The molecule has 1 amide bonds. The third-order valence-electron chi connectivity index (χ3n) is 12.3. The quantitative estimate of drug-likeness (QED) is 0.457. The summed E-state index contributed by atoms with van der Waals surface area (Å²) < 4.78 is 0. The Balaban J connectivity index is 1.52. The molecular weight excluding hydrogens is 472 g/mol. The maximum Gasteiger partial charge on any atom is 0.225 e. The van der Waals surface area contributed by atoms with Crippen LogP contribution in [-0.4, -0.2) is 48.9 Å². The van der Waals surface area contributed by atoms with Crippen LogP contribution in [0, 0.1) is 33.0 Å². The van der Waals surface area contributed by atoms with Crippen LogP contribution in [0.3, 0.4) is 0 Å². The van der Waals surface area contributed by atoms with Crippen molar-refractivity contribution < 1.29 is 14.7 Å². The van der Waals surface area contributed by atoms with E-state index in [1.54, 1.807) is 6.08 Å². The van der Waals surface area contributed by atoms with Crippen LogP contribution in [0.15, 0.2) is 46.3 Å². The van der Waals surface area contributed by atoms with Gasteiger partial charge in [0.2, 0.25) is 11.7 Å². The number of hydrogen-bond acceptors (Lipinski definition) is 4. The highest BCUT2D eigenvalue weighted by atomic mass is 16.3. The van der Waals surface area contributed by atoms with Crippen molar-refractivity contribution in [1.82, 2.24) is 10.2 Å². The maximum absolute atomic E-state index is 13.5. The summed E-state index contributed by atoms with van der Waals surface area (Å²) in [4.78, 5) is 28.4. The standard InChI is InChI=1S/C33H48N2O3/c1-21-22-9-10-25-31(4,23(22)19-24(36)27(21)37)14-16-33(6)26-20-30(3,28(38)34-17-18-35(7)8)12-11-29(26,2)13-15-32(25,33)5/h9-10,19,26,37H,11-18,20H2,1-8H3,(H,34,38)/t26-,29-,30-,31+,32-,33+/m1/s1. The Morgan fingerprint density at radius 3 is 2.39 bits per heavy atom. The van der Waals surface area contributed by atoms with Crippen molar-refractivity contribution in [3.05, 3.63) is 46.3 Å². The van der Waals surface area contributed by atoms with Crippen LogP contribution in [0.4, 0.5) is 0 Å². The van der Waals surface area contributed by atoms with E-state index in [9.17, 15) is 14.7 Å². The van der Waals surface area contributed by atoms with Crippen LogP contribution < -0.4 is 5.32 Å². The summed E-state index contributed by atoms with van der Waals surface area (Å²) >= 11 is 0. The minimum atomic E-state index is -0.343. The van der Waals surface area contributed by atoms with Gasteiger partial charge in [-0.15, -0.1) is 0 Å². The lowest BCUT2D eigenvalue weighted by Crippen LogP contribution is -2.62. The fourth-order valence-corrected chi connectivity index (χ4v) is 9.27. The molecule has 0 spiro atoms. The van der Waals surface area contributed by atoms with E-state index in [4.69, 9.17) is 0 Å². The number of fused-ring (bicyclic) bond motifs is 7. The van der Waals surface area contributed by atoms with E-state index in [-0.39, 0.29) is 44.5 Å². The average Bonchev–Trinajstić information content (AvgIpc) is 2.85. The molecule has 208 valence electrons. The van der Waals surface area contributed by atoms with Gasteiger partial charge in [0.1, 0.15) is 0 Å². The summed E-state index contributed by atoms with van der Waals surface area (Å²) in [6.45, 7) is 15.4. The largest absolute Gasteiger partial charge is 0.504 e. The number of ketones is 1. The minimum absolute atomic E-state index is 0.0210. The molecule has 5 aliphatic rings. The highest BCUT2D eigenvalue weighted by Gasteiger charge is 2.67. The molecule has 5 heteroatoms. The third kappa shape index (κ3) is 3.67. The molecule has 5 rings (SSSR count). The molecule has 0 aliphatic heterocycles. The van der Waals surface area contributed by atoms with Crippen molar-refractivity contribution in [2.75, 3.05) is 27.2 Å². The molecule has 0 unspecified atom stereocenters. The van der Waals surface area contributed by atoms with Crippen molar-refractivity contribution in [3.63, 3.8) is 0 Å². The van der Waals surface area contributed by atoms with Crippen LogP contribution in [0.1, 0.15) is 86.5 Å². The summed E-state index contributed by atoms with van der Waals surface area (Å²) in [5.41, 5.74) is 3.97. The number of likely N-dealkylation sites (N-methyl/N-ethyl adjacent to an activating group) is 1. The van der Waals surface area contributed by atoms with Gasteiger partial charge >= 0.3 is 0 Å². The number of nitrogens with zero attached hydrogens (tertiary/aromatic N) is 1. The topological polar surface area (TPSA) is 69.6 Å². The molecule has 0 saturated heterocycles. The van der Waals surface area contributed by atoms with Crippen LogP contribution in [0.5, 0.6) is 0 Å². The minimum Gasteiger partial charge on any atom is -0.504 e. The Bertz CT molecular complexity index is 1210. The molecular formula is C33H48N2O3. The second-order valence-corrected chi connectivity index (χ2v) is 14.7. The maximum atomic E-state index is 13.5. The van der Waals surface area contributed by atoms with Gasteiger partial charge in [-0.25, -0.2) is 0 Å². The van der Waals surface area contributed by atoms with Crippen molar-refractivity contribution in [3.8, 4) is 0 Å². The number of allylic oxidation sites excluding steroid dienone is 7. The van der Waals surface area contributed by atoms with Gasteiger partial charge in [0.25, 0.3) is 0 Å². The Hall–Kier alpha value is -2.14. The Labute approximate surface area is 229 Å². The molecule has 0 heterocycles. The first kappa shape index (κ1) is 27.4. The predicted octanol–water partition coefficient (Wildman–Crippen LogP) is 6.29. The Morgan fingerprint density at radius 1 is 1.03 bits per heavy atom. The van der Waals surface area contributed by atoms with Crippen molar-refractivity contribution >= 4 is 11.7 Å². The number of carbonyl (C=O) groups is 2. The van der Waals surface area contributed by atoms with E-state index < -0.39 is 0 Å². The van der Waals surface area contributed by atoms with E-state index in [0.717, 1.165) is 56.2 Å². The van der Waals surface area contributed by atoms with Crippen LogP contribution in [-0.2, 0) is 9.59 Å². The Morgan fingerprint density at radius 2 is 1.71 bits per heavy atom. The first-order valence-electron chi connectivity index (χ1n) is 14.6. The molecule has 3 fully saturated rings. The van der Waals surface area contributed by atoms with Gasteiger partial charge in [-0.3, -0.25) is 9.59 Å². The Kier molecular flexibility index (Phi) is 6.26. The molecule has 38 heavy (non-hydrogen) atoms. The van der Waals surface area contributed by atoms with Crippen LogP contribution in [0.25, 0.3) is 0 Å².